The van der Waals surface area contributed by atoms with Crippen molar-refractivity contribution in [2.24, 2.45) is 5.73 Å². The maximum atomic E-state index is 10.0. The quantitative estimate of drug-likeness (QED) is 0.675. The minimum Gasteiger partial charge on any atom is -0.504 e. The van der Waals surface area contributed by atoms with E-state index in [4.69, 9.17) is 17.3 Å². The van der Waals surface area contributed by atoms with E-state index in [2.05, 4.69) is 0 Å². The van der Waals surface area contributed by atoms with Crippen molar-refractivity contribution in [3.63, 3.8) is 0 Å². The number of aromatic hydroxyl groups is 2. The molecule has 1 aliphatic carbocycles. The largest absolute Gasteiger partial charge is 0.504 e. The molecule has 0 saturated heterocycles. The van der Waals surface area contributed by atoms with Crippen LogP contribution in [0.5, 0.6) is 11.5 Å². The lowest BCUT2D eigenvalue weighted by molar-refractivity contribution is 0.286. The lowest BCUT2D eigenvalue weighted by Crippen LogP contribution is -2.39. The molecular formula is C13H18ClNO2. The topological polar surface area (TPSA) is 66.5 Å². The first-order chi connectivity index (χ1) is 7.96. The molecule has 0 heterocycles. The molecule has 1 fully saturated rings. The molecule has 0 spiro atoms. The Morgan fingerprint density at radius 3 is 2.41 bits per heavy atom. The molecule has 0 radical (unpaired) electrons. The smallest absolute Gasteiger partial charge is 0.162 e. The highest BCUT2D eigenvalue weighted by Crippen LogP contribution is 2.46. The van der Waals surface area contributed by atoms with E-state index in [1.807, 2.05) is 6.92 Å². The Hall–Kier alpha value is -0.930. The Labute approximate surface area is 106 Å². The molecule has 1 saturated carbocycles. The zero-order valence-corrected chi connectivity index (χ0v) is 10.7. The molecule has 0 unspecified atom stereocenters. The Morgan fingerprint density at radius 2 is 1.82 bits per heavy atom. The summed E-state index contributed by atoms with van der Waals surface area (Å²) in [6.07, 6.45) is 4.90. The van der Waals surface area contributed by atoms with Crippen LogP contribution in [0.1, 0.15) is 43.2 Å². The lowest BCUT2D eigenvalue weighted by Gasteiger charge is -2.35. The molecule has 0 amide bonds. The summed E-state index contributed by atoms with van der Waals surface area (Å²) in [5, 5.41) is 20.1. The molecule has 0 atom stereocenters. The van der Waals surface area contributed by atoms with Crippen molar-refractivity contribution in [3.05, 3.63) is 22.2 Å². The molecule has 0 aromatic heterocycles. The van der Waals surface area contributed by atoms with Gasteiger partial charge in [0.15, 0.2) is 11.5 Å². The van der Waals surface area contributed by atoms with Crippen LogP contribution < -0.4 is 5.73 Å². The highest BCUT2D eigenvalue weighted by atomic mass is 35.5. The van der Waals surface area contributed by atoms with Crippen LogP contribution in [0.4, 0.5) is 0 Å². The molecule has 17 heavy (non-hydrogen) atoms. The van der Waals surface area contributed by atoms with Crippen LogP contribution in [0.15, 0.2) is 6.07 Å². The van der Waals surface area contributed by atoms with Crippen LogP contribution in [0.3, 0.4) is 0 Å². The predicted molar refractivity (Wildman–Crippen MR) is 68.5 cm³/mol. The minimum atomic E-state index is -0.561. The van der Waals surface area contributed by atoms with Crippen LogP contribution in [-0.2, 0) is 5.54 Å². The average Bonchev–Trinajstić information content (AvgIpc) is 2.27. The third kappa shape index (κ3) is 2.09. The van der Waals surface area contributed by atoms with Gasteiger partial charge in [-0.05, 0) is 25.3 Å². The van der Waals surface area contributed by atoms with E-state index in [1.54, 1.807) is 0 Å². The van der Waals surface area contributed by atoms with Gasteiger partial charge in [-0.1, -0.05) is 30.9 Å². The van der Waals surface area contributed by atoms with Crippen LogP contribution in [0.2, 0.25) is 5.02 Å². The maximum Gasteiger partial charge on any atom is 0.162 e. The highest BCUT2D eigenvalue weighted by molar-refractivity contribution is 6.31. The Kier molecular flexibility index (Phi) is 3.23. The van der Waals surface area contributed by atoms with Crippen molar-refractivity contribution < 1.29 is 10.2 Å². The monoisotopic (exact) mass is 255 g/mol. The van der Waals surface area contributed by atoms with E-state index in [0.717, 1.165) is 31.2 Å². The van der Waals surface area contributed by atoms with Crippen LogP contribution in [0, 0.1) is 6.92 Å². The van der Waals surface area contributed by atoms with Gasteiger partial charge in [0.1, 0.15) is 0 Å². The first-order valence-electron chi connectivity index (χ1n) is 5.96. The van der Waals surface area contributed by atoms with E-state index in [-0.39, 0.29) is 11.5 Å². The summed E-state index contributed by atoms with van der Waals surface area (Å²) in [7, 11) is 0. The molecule has 1 aliphatic rings. The van der Waals surface area contributed by atoms with Gasteiger partial charge in [-0.25, -0.2) is 0 Å². The fraction of sp³-hybridized carbons (Fsp3) is 0.538. The molecule has 3 nitrogen and oxygen atoms in total. The second-order valence-electron chi connectivity index (χ2n) is 4.94. The van der Waals surface area contributed by atoms with E-state index < -0.39 is 5.54 Å². The molecule has 0 bridgehead atoms. The zero-order valence-electron chi connectivity index (χ0n) is 9.96. The van der Waals surface area contributed by atoms with Crippen molar-refractivity contribution in [2.75, 3.05) is 0 Å². The van der Waals surface area contributed by atoms with E-state index >= 15 is 0 Å². The second-order valence-corrected chi connectivity index (χ2v) is 5.35. The van der Waals surface area contributed by atoms with E-state index in [1.165, 1.54) is 12.5 Å². The summed E-state index contributed by atoms with van der Waals surface area (Å²) in [5.41, 5.74) is 7.21. The first kappa shape index (κ1) is 12.5. The molecule has 4 heteroatoms. The van der Waals surface area contributed by atoms with Crippen molar-refractivity contribution in [1.82, 2.24) is 0 Å². The molecule has 0 aliphatic heterocycles. The normalized spacial score (nSPS) is 19.2. The first-order valence-corrected chi connectivity index (χ1v) is 6.34. The van der Waals surface area contributed by atoms with Gasteiger partial charge >= 0.3 is 0 Å². The van der Waals surface area contributed by atoms with Gasteiger partial charge in [-0.2, -0.15) is 0 Å². The van der Waals surface area contributed by atoms with Crippen LogP contribution >= 0.6 is 11.6 Å². The number of rotatable bonds is 1. The lowest BCUT2D eigenvalue weighted by atomic mass is 9.75. The van der Waals surface area contributed by atoms with Gasteiger partial charge < -0.3 is 15.9 Å². The van der Waals surface area contributed by atoms with Gasteiger partial charge in [0.25, 0.3) is 0 Å². The summed E-state index contributed by atoms with van der Waals surface area (Å²) in [6.45, 7) is 1.83. The Morgan fingerprint density at radius 1 is 1.24 bits per heavy atom. The second kappa shape index (κ2) is 4.39. The number of phenols is 2. The Balaban J connectivity index is 2.57. The van der Waals surface area contributed by atoms with Crippen molar-refractivity contribution >= 4 is 11.6 Å². The minimum absolute atomic E-state index is 0.115. The summed E-state index contributed by atoms with van der Waals surface area (Å²) in [6, 6.07) is 1.36. The summed E-state index contributed by atoms with van der Waals surface area (Å²) in [4.78, 5) is 0. The van der Waals surface area contributed by atoms with Crippen molar-refractivity contribution in [2.45, 2.75) is 44.6 Å². The molecular weight excluding hydrogens is 238 g/mol. The molecule has 1 aromatic rings. The van der Waals surface area contributed by atoms with Crippen molar-refractivity contribution in [3.8, 4) is 11.5 Å². The predicted octanol–water partition coefficient (Wildman–Crippen LogP) is 3.18. The number of hydrogen-bond acceptors (Lipinski definition) is 3. The van der Waals surface area contributed by atoms with Gasteiger partial charge in [-0.15, -0.1) is 0 Å². The summed E-state index contributed by atoms with van der Waals surface area (Å²) in [5.74, 6) is -0.303. The Bertz CT molecular complexity index is 413. The van der Waals surface area contributed by atoms with Crippen LogP contribution in [0.25, 0.3) is 0 Å². The van der Waals surface area contributed by atoms with Crippen LogP contribution in [-0.4, -0.2) is 10.2 Å². The molecule has 1 aromatic carbocycles. The van der Waals surface area contributed by atoms with E-state index in [9.17, 15) is 10.2 Å². The molecule has 4 N–H and O–H groups in total. The SMILES string of the molecule is Cc1c(Cl)cc(O)c(O)c1C1(N)CCCCC1. The van der Waals surface area contributed by atoms with Gasteiger partial charge in [0.2, 0.25) is 0 Å². The summed E-state index contributed by atoms with van der Waals surface area (Å²) >= 11 is 6.05. The highest BCUT2D eigenvalue weighted by Gasteiger charge is 2.34. The fourth-order valence-electron chi connectivity index (χ4n) is 2.76. The fourth-order valence-corrected chi connectivity index (χ4v) is 2.96. The van der Waals surface area contributed by atoms with E-state index in [0.29, 0.717) is 10.6 Å². The third-order valence-corrected chi connectivity index (χ3v) is 4.11. The number of benzene rings is 1. The number of nitrogens with two attached hydrogens (primary N) is 1. The van der Waals surface area contributed by atoms with Crippen molar-refractivity contribution in [1.29, 1.82) is 0 Å². The maximum absolute atomic E-state index is 10.0. The molecule has 94 valence electrons. The number of hydrogen-bond donors (Lipinski definition) is 3. The molecule has 2 rings (SSSR count). The standard InChI is InChI=1S/C13H18ClNO2/c1-8-9(14)7-10(16)12(17)11(8)13(15)5-3-2-4-6-13/h7,16-17H,2-6,15H2,1H3. The summed E-state index contributed by atoms with van der Waals surface area (Å²) < 4.78 is 0. The third-order valence-electron chi connectivity index (χ3n) is 3.72. The average molecular weight is 256 g/mol. The van der Waals surface area contributed by atoms with Gasteiger partial charge in [0.05, 0.1) is 0 Å². The van der Waals surface area contributed by atoms with Gasteiger partial charge in [-0.3, -0.25) is 0 Å². The number of phenolic OH excluding ortho intramolecular Hbond substituents is 2. The van der Waals surface area contributed by atoms with Gasteiger partial charge in [0, 0.05) is 22.2 Å². The number of halogens is 1. The zero-order chi connectivity index (χ0) is 12.6.